The van der Waals surface area contributed by atoms with Crippen LogP contribution in [0.1, 0.15) is 25.7 Å². The standard InChI is InChI=1S/C22H25NO4/c24-21(17-10-12-18(13-11-17)22(25)26)23-14-15-27-20-9-5-4-8-19(20)16-6-2-1-3-7-16/h1-9,17-18H,10-15H2,(H,23,24)(H,25,26). The second-order valence-electron chi connectivity index (χ2n) is 6.89. The quantitative estimate of drug-likeness (QED) is 0.731. The number of para-hydroxylation sites is 1. The van der Waals surface area contributed by atoms with E-state index in [1.807, 2.05) is 54.6 Å². The maximum Gasteiger partial charge on any atom is 0.306 e. The molecule has 5 heteroatoms. The molecule has 0 radical (unpaired) electrons. The number of hydrogen-bond acceptors (Lipinski definition) is 3. The lowest BCUT2D eigenvalue weighted by molar-refractivity contribution is -0.144. The molecule has 0 aliphatic heterocycles. The molecule has 3 rings (SSSR count). The molecule has 142 valence electrons. The SMILES string of the molecule is O=C(O)C1CCC(C(=O)NCCOc2ccccc2-c2ccccc2)CC1. The molecule has 0 saturated heterocycles. The summed E-state index contributed by atoms with van der Waals surface area (Å²) in [5.74, 6) is -0.345. The van der Waals surface area contributed by atoms with Gasteiger partial charge in [-0.15, -0.1) is 0 Å². The Morgan fingerprint density at radius 1 is 0.926 bits per heavy atom. The van der Waals surface area contributed by atoms with Gasteiger partial charge in [0, 0.05) is 11.5 Å². The zero-order chi connectivity index (χ0) is 19.1. The Morgan fingerprint density at radius 3 is 2.26 bits per heavy atom. The molecule has 1 aliphatic carbocycles. The van der Waals surface area contributed by atoms with Crippen LogP contribution in [0.5, 0.6) is 5.75 Å². The van der Waals surface area contributed by atoms with Gasteiger partial charge in [0.2, 0.25) is 5.91 Å². The number of carbonyl (C=O) groups excluding carboxylic acids is 1. The summed E-state index contributed by atoms with van der Waals surface area (Å²) in [7, 11) is 0. The van der Waals surface area contributed by atoms with E-state index in [0.29, 0.717) is 38.8 Å². The van der Waals surface area contributed by atoms with Gasteiger partial charge in [0.05, 0.1) is 12.5 Å². The molecule has 5 nitrogen and oxygen atoms in total. The van der Waals surface area contributed by atoms with Gasteiger partial charge in [-0.3, -0.25) is 9.59 Å². The van der Waals surface area contributed by atoms with Gasteiger partial charge in [-0.2, -0.15) is 0 Å². The fourth-order valence-electron chi connectivity index (χ4n) is 3.53. The lowest BCUT2D eigenvalue weighted by Crippen LogP contribution is -2.36. The van der Waals surface area contributed by atoms with Crippen molar-refractivity contribution in [2.75, 3.05) is 13.2 Å². The third-order valence-corrected chi connectivity index (χ3v) is 5.08. The van der Waals surface area contributed by atoms with E-state index in [1.54, 1.807) is 0 Å². The maximum absolute atomic E-state index is 12.3. The zero-order valence-corrected chi connectivity index (χ0v) is 15.3. The summed E-state index contributed by atoms with van der Waals surface area (Å²) in [6.45, 7) is 0.820. The molecule has 0 unspecified atom stereocenters. The second-order valence-corrected chi connectivity index (χ2v) is 6.89. The normalized spacial score (nSPS) is 19.3. The molecule has 0 heterocycles. The molecular formula is C22H25NO4. The van der Waals surface area contributed by atoms with E-state index in [9.17, 15) is 9.59 Å². The first-order valence-electron chi connectivity index (χ1n) is 9.43. The van der Waals surface area contributed by atoms with Gasteiger partial charge >= 0.3 is 5.97 Å². The fourth-order valence-corrected chi connectivity index (χ4v) is 3.53. The van der Waals surface area contributed by atoms with Gasteiger partial charge in [-0.1, -0.05) is 48.5 Å². The molecule has 2 aromatic carbocycles. The van der Waals surface area contributed by atoms with Crippen molar-refractivity contribution >= 4 is 11.9 Å². The monoisotopic (exact) mass is 367 g/mol. The highest BCUT2D eigenvalue weighted by atomic mass is 16.5. The third kappa shape index (κ3) is 5.09. The molecule has 0 spiro atoms. The van der Waals surface area contributed by atoms with Crippen LogP contribution in [0, 0.1) is 11.8 Å². The third-order valence-electron chi connectivity index (χ3n) is 5.08. The van der Waals surface area contributed by atoms with E-state index >= 15 is 0 Å². The van der Waals surface area contributed by atoms with Crippen molar-refractivity contribution in [1.82, 2.24) is 5.32 Å². The van der Waals surface area contributed by atoms with Crippen LogP contribution in [-0.4, -0.2) is 30.1 Å². The van der Waals surface area contributed by atoms with E-state index in [4.69, 9.17) is 9.84 Å². The van der Waals surface area contributed by atoms with Crippen LogP contribution in [-0.2, 0) is 9.59 Å². The molecular weight excluding hydrogens is 342 g/mol. The minimum absolute atomic E-state index is 0.00113. The molecule has 2 aromatic rings. The van der Waals surface area contributed by atoms with Gasteiger partial charge in [-0.05, 0) is 37.3 Å². The lowest BCUT2D eigenvalue weighted by Gasteiger charge is -2.25. The Labute approximate surface area is 159 Å². The van der Waals surface area contributed by atoms with Crippen molar-refractivity contribution in [3.63, 3.8) is 0 Å². The van der Waals surface area contributed by atoms with E-state index < -0.39 is 5.97 Å². The number of nitrogens with one attached hydrogen (secondary N) is 1. The summed E-state index contributed by atoms with van der Waals surface area (Å²) in [4.78, 5) is 23.2. The molecule has 0 bridgehead atoms. The summed E-state index contributed by atoms with van der Waals surface area (Å²) in [5, 5.41) is 11.9. The Morgan fingerprint density at radius 2 is 1.56 bits per heavy atom. The minimum atomic E-state index is -0.751. The smallest absolute Gasteiger partial charge is 0.306 e. The molecule has 1 fully saturated rings. The van der Waals surface area contributed by atoms with Crippen LogP contribution < -0.4 is 10.1 Å². The van der Waals surface area contributed by atoms with Crippen molar-refractivity contribution in [3.05, 3.63) is 54.6 Å². The number of aliphatic carboxylic acids is 1. The van der Waals surface area contributed by atoms with Crippen molar-refractivity contribution < 1.29 is 19.4 Å². The van der Waals surface area contributed by atoms with Gasteiger partial charge in [0.15, 0.2) is 0 Å². The highest BCUT2D eigenvalue weighted by Gasteiger charge is 2.29. The average Bonchev–Trinajstić information content (AvgIpc) is 2.72. The summed E-state index contributed by atoms with van der Waals surface area (Å²) in [6.07, 6.45) is 2.43. The average molecular weight is 367 g/mol. The minimum Gasteiger partial charge on any atom is -0.491 e. The van der Waals surface area contributed by atoms with Gasteiger partial charge in [-0.25, -0.2) is 0 Å². The summed E-state index contributed by atoms with van der Waals surface area (Å²) >= 11 is 0. The largest absolute Gasteiger partial charge is 0.491 e. The predicted octanol–water partition coefficient (Wildman–Crippen LogP) is 3.74. The second kappa shape index (κ2) is 9.21. The number of ether oxygens (including phenoxy) is 1. The van der Waals surface area contributed by atoms with Crippen LogP contribution in [0.3, 0.4) is 0 Å². The number of carboxylic acid groups (broad SMARTS) is 1. The Bertz CT molecular complexity index is 767. The van der Waals surface area contributed by atoms with Crippen molar-refractivity contribution in [1.29, 1.82) is 0 Å². The molecule has 1 aliphatic rings. The Kier molecular flexibility index (Phi) is 6.47. The molecule has 27 heavy (non-hydrogen) atoms. The maximum atomic E-state index is 12.3. The van der Waals surface area contributed by atoms with Crippen molar-refractivity contribution in [2.24, 2.45) is 11.8 Å². The summed E-state index contributed by atoms with van der Waals surface area (Å²) in [6, 6.07) is 17.9. The van der Waals surface area contributed by atoms with Crippen LogP contribution >= 0.6 is 0 Å². The molecule has 2 N–H and O–H groups in total. The molecule has 1 saturated carbocycles. The Balaban J connectivity index is 1.46. The van der Waals surface area contributed by atoms with Crippen molar-refractivity contribution in [3.8, 4) is 16.9 Å². The van der Waals surface area contributed by atoms with Gasteiger partial charge in [0.1, 0.15) is 12.4 Å². The molecule has 0 atom stereocenters. The van der Waals surface area contributed by atoms with E-state index in [0.717, 1.165) is 16.9 Å². The number of benzene rings is 2. The topological polar surface area (TPSA) is 75.6 Å². The number of hydrogen-bond donors (Lipinski definition) is 2. The van der Waals surface area contributed by atoms with E-state index in [1.165, 1.54) is 0 Å². The first-order valence-corrected chi connectivity index (χ1v) is 9.43. The van der Waals surface area contributed by atoms with Crippen LogP contribution in [0.4, 0.5) is 0 Å². The summed E-state index contributed by atoms with van der Waals surface area (Å²) < 4.78 is 5.89. The van der Waals surface area contributed by atoms with Crippen molar-refractivity contribution in [2.45, 2.75) is 25.7 Å². The first kappa shape index (κ1) is 19.0. The number of amides is 1. The van der Waals surface area contributed by atoms with E-state index in [-0.39, 0.29) is 17.7 Å². The van der Waals surface area contributed by atoms with Gasteiger partial charge in [0.25, 0.3) is 0 Å². The first-order chi connectivity index (χ1) is 13.1. The number of rotatable bonds is 7. The lowest BCUT2D eigenvalue weighted by atomic mass is 9.81. The number of carboxylic acids is 1. The predicted molar refractivity (Wildman–Crippen MR) is 103 cm³/mol. The van der Waals surface area contributed by atoms with Crippen LogP contribution in [0.15, 0.2) is 54.6 Å². The number of carbonyl (C=O) groups is 2. The Hall–Kier alpha value is -2.82. The fraction of sp³-hybridized carbons (Fsp3) is 0.364. The highest BCUT2D eigenvalue weighted by molar-refractivity contribution is 5.79. The zero-order valence-electron chi connectivity index (χ0n) is 15.3. The van der Waals surface area contributed by atoms with Crippen LogP contribution in [0.2, 0.25) is 0 Å². The molecule has 0 aromatic heterocycles. The van der Waals surface area contributed by atoms with Gasteiger partial charge < -0.3 is 15.2 Å². The highest BCUT2D eigenvalue weighted by Crippen LogP contribution is 2.30. The van der Waals surface area contributed by atoms with E-state index in [2.05, 4.69) is 5.32 Å². The molecule has 1 amide bonds. The van der Waals surface area contributed by atoms with Crippen LogP contribution in [0.25, 0.3) is 11.1 Å². The summed E-state index contributed by atoms with van der Waals surface area (Å²) in [5.41, 5.74) is 2.11.